The van der Waals surface area contributed by atoms with E-state index in [0.717, 1.165) is 36.0 Å². The molecule has 0 aromatic heterocycles. The van der Waals surface area contributed by atoms with Gasteiger partial charge in [-0.25, -0.2) is 0 Å². The van der Waals surface area contributed by atoms with Crippen molar-refractivity contribution in [3.63, 3.8) is 0 Å². The first-order valence-electron chi connectivity index (χ1n) is 13.6. The molecule has 0 radical (unpaired) electrons. The van der Waals surface area contributed by atoms with Crippen LogP contribution in [0.5, 0.6) is 0 Å². The standard InChI is InChI=1S/C31H49O.K/c1-10-29(7)15-16-30(8)22(19-29)18-27(3,4)26-24-14-13-23(21(2)12-11-17-32)31(24,9)28(5,6)20-25(26)30;/h1,21-26H,11-16,18-20H2,2-9H3;/q-1;+1/t21?,22-,23?,24+,25+,26+,29?,30+,31-;/m1./s1. The van der Waals surface area contributed by atoms with Crippen molar-refractivity contribution in [3.05, 3.63) is 0 Å². The summed E-state index contributed by atoms with van der Waals surface area (Å²) in [5, 5.41) is 0. The minimum atomic E-state index is 0. The van der Waals surface area contributed by atoms with E-state index < -0.39 is 0 Å². The Balaban J connectivity index is 0.00000306. The molecule has 0 aromatic rings. The third kappa shape index (κ3) is 4.25. The monoisotopic (exact) mass is 476 g/mol. The number of hydrogen-bond acceptors (Lipinski definition) is 1. The van der Waals surface area contributed by atoms with Crippen LogP contribution in [0.2, 0.25) is 0 Å². The van der Waals surface area contributed by atoms with Crippen LogP contribution >= 0.6 is 0 Å². The zero-order valence-electron chi connectivity index (χ0n) is 23.3. The van der Waals surface area contributed by atoms with E-state index in [1.807, 2.05) is 0 Å². The van der Waals surface area contributed by atoms with Crippen molar-refractivity contribution >= 4 is 6.29 Å². The third-order valence-electron chi connectivity index (χ3n) is 12.5. The number of terminal acetylenes is 1. The molecule has 3 unspecified atom stereocenters. The first-order valence-corrected chi connectivity index (χ1v) is 13.6. The second-order valence-electron chi connectivity index (χ2n) is 14.8. The van der Waals surface area contributed by atoms with Crippen LogP contribution in [-0.4, -0.2) is 6.29 Å². The van der Waals surface area contributed by atoms with Gasteiger partial charge in [0.15, 0.2) is 0 Å². The molecule has 4 aliphatic rings. The normalized spacial score (nSPS) is 48.3. The molecule has 0 spiro atoms. The van der Waals surface area contributed by atoms with Gasteiger partial charge in [0.05, 0.1) is 0 Å². The summed E-state index contributed by atoms with van der Waals surface area (Å²) in [5.41, 5.74) is 1.59. The van der Waals surface area contributed by atoms with Crippen molar-refractivity contribution in [1.82, 2.24) is 0 Å². The van der Waals surface area contributed by atoms with Crippen molar-refractivity contribution in [2.45, 2.75) is 113 Å². The summed E-state index contributed by atoms with van der Waals surface area (Å²) in [6.07, 6.45) is 19.0. The SMILES string of the molecule is C#CC1(C)CC[C@@]2(C)[C@@H](C1)CC(C)(C)[C@@H]1[C@@H]2CC(C)(C)[C@]2(C)C(C(C)CC[C-]=O)CC[C@@H]12.[K+]. The van der Waals surface area contributed by atoms with Gasteiger partial charge in [-0.2, -0.15) is 6.42 Å². The van der Waals surface area contributed by atoms with Crippen molar-refractivity contribution < 1.29 is 56.2 Å². The Kier molecular flexibility index (Phi) is 8.02. The summed E-state index contributed by atoms with van der Waals surface area (Å²) in [5.74, 6) is 7.72. The van der Waals surface area contributed by atoms with E-state index in [2.05, 4.69) is 67.6 Å². The Labute approximate surface area is 248 Å². The molecule has 0 aliphatic heterocycles. The van der Waals surface area contributed by atoms with E-state index in [1.165, 1.54) is 44.9 Å². The van der Waals surface area contributed by atoms with Gasteiger partial charge in [0, 0.05) is 5.41 Å². The van der Waals surface area contributed by atoms with Crippen LogP contribution in [0.15, 0.2) is 0 Å². The van der Waals surface area contributed by atoms with Gasteiger partial charge in [0.25, 0.3) is 0 Å². The Morgan fingerprint density at radius 2 is 1.64 bits per heavy atom. The van der Waals surface area contributed by atoms with Gasteiger partial charge in [0.1, 0.15) is 0 Å². The van der Waals surface area contributed by atoms with Crippen molar-refractivity contribution in [2.75, 3.05) is 0 Å². The zero-order valence-corrected chi connectivity index (χ0v) is 26.4. The Morgan fingerprint density at radius 1 is 0.970 bits per heavy atom. The van der Waals surface area contributed by atoms with Crippen LogP contribution in [0.25, 0.3) is 0 Å². The van der Waals surface area contributed by atoms with Crippen LogP contribution in [0.1, 0.15) is 113 Å². The molecule has 0 heterocycles. The quantitative estimate of drug-likeness (QED) is 0.314. The molecule has 180 valence electrons. The van der Waals surface area contributed by atoms with Crippen molar-refractivity contribution in [2.24, 2.45) is 62.6 Å². The fraction of sp³-hybridized carbons (Fsp3) is 0.903. The fourth-order valence-corrected chi connectivity index (χ4v) is 10.4. The molecule has 4 aliphatic carbocycles. The average Bonchev–Trinajstić information content (AvgIpc) is 3.06. The van der Waals surface area contributed by atoms with Crippen LogP contribution in [-0.2, 0) is 4.79 Å². The first-order chi connectivity index (χ1) is 14.8. The number of hydrogen-bond donors (Lipinski definition) is 0. The number of fused-ring (bicyclic) bond motifs is 5. The van der Waals surface area contributed by atoms with Crippen LogP contribution in [0, 0.1) is 74.9 Å². The summed E-state index contributed by atoms with van der Waals surface area (Å²) in [7, 11) is 0. The zero-order chi connectivity index (χ0) is 23.7. The van der Waals surface area contributed by atoms with Gasteiger partial charge < -0.3 is 4.79 Å². The Morgan fingerprint density at radius 3 is 2.24 bits per heavy atom. The van der Waals surface area contributed by atoms with Crippen LogP contribution in [0.3, 0.4) is 0 Å². The predicted octanol–water partition coefficient (Wildman–Crippen LogP) is 5.09. The molecular formula is C31H49KO. The minimum Gasteiger partial charge on any atom is -0.542 e. The molecule has 9 atom stereocenters. The maximum atomic E-state index is 11.0. The predicted molar refractivity (Wildman–Crippen MR) is 135 cm³/mol. The second-order valence-corrected chi connectivity index (χ2v) is 14.8. The summed E-state index contributed by atoms with van der Waals surface area (Å²) >= 11 is 0. The number of rotatable bonds is 4. The van der Waals surface area contributed by atoms with E-state index in [0.29, 0.717) is 34.0 Å². The molecule has 0 bridgehead atoms. The van der Waals surface area contributed by atoms with Gasteiger partial charge in [-0.05, 0) is 109 Å². The molecule has 0 amide bonds. The molecule has 33 heavy (non-hydrogen) atoms. The van der Waals surface area contributed by atoms with Gasteiger partial charge >= 0.3 is 51.4 Å². The molecule has 0 aromatic carbocycles. The summed E-state index contributed by atoms with van der Waals surface area (Å²) < 4.78 is 0. The maximum absolute atomic E-state index is 11.0. The summed E-state index contributed by atoms with van der Waals surface area (Å²) in [6, 6.07) is 0. The molecule has 4 saturated carbocycles. The van der Waals surface area contributed by atoms with E-state index in [1.54, 1.807) is 0 Å². The third-order valence-corrected chi connectivity index (χ3v) is 12.5. The minimum absolute atomic E-state index is 0. The van der Waals surface area contributed by atoms with E-state index in [-0.39, 0.29) is 56.8 Å². The fourth-order valence-electron chi connectivity index (χ4n) is 10.4. The van der Waals surface area contributed by atoms with Gasteiger partial charge in [0.2, 0.25) is 0 Å². The van der Waals surface area contributed by atoms with Crippen molar-refractivity contribution in [3.8, 4) is 12.3 Å². The molecule has 2 heteroatoms. The van der Waals surface area contributed by atoms with Gasteiger partial charge in [-0.1, -0.05) is 54.9 Å². The second kappa shape index (κ2) is 9.31. The van der Waals surface area contributed by atoms with E-state index in [4.69, 9.17) is 6.42 Å². The van der Waals surface area contributed by atoms with Crippen LogP contribution < -0.4 is 51.4 Å². The van der Waals surface area contributed by atoms with Crippen LogP contribution in [0.4, 0.5) is 0 Å². The maximum Gasteiger partial charge on any atom is 1.00 e. The molecule has 4 rings (SSSR count). The summed E-state index contributed by atoms with van der Waals surface area (Å²) in [6.45, 7) is 20.5. The molecule has 0 N–H and O–H groups in total. The smallest absolute Gasteiger partial charge is 0.542 e. The molecule has 4 fully saturated rings. The first kappa shape index (κ1) is 28.4. The molecule has 0 saturated heterocycles. The average molecular weight is 477 g/mol. The van der Waals surface area contributed by atoms with Gasteiger partial charge in [-0.3, -0.25) is 6.29 Å². The summed E-state index contributed by atoms with van der Waals surface area (Å²) in [4.78, 5) is 11.0. The largest absolute Gasteiger partial charge is 1.00 e. The molecular weight excluding hydrogens is 427 g/mol. The topological polar surface area (TPSA) is 17.1 Å². The number of carbonyl (C=O) groups excluding carboxylic acids is 1. The van der Waals surface area contributed by atoms with Crippen molar-refractivity contribution in [1.29, 1.82) is 0 Å². The van der Waals surface area contributed by atoms with E-state index >= 15 is 0 Å². The van der Waals surface area contributed by atoms with E-state index in [9.17, 15) is 4.79 Å². The molecule has 1 nitrogen and oxygen atoms in total. The Bertz CT molecular complexity index is 791. The Hall–Kier alpha value is 0.866. The van der Waals surface area contributed by atoms with Gasteiger partial charge in [-0.15, -0.1) is 12.3 Å².